The molecule has 1 heterocycles. The van der Waals surface area contributed by atoms with Crippen LogP contribution >= 0.6 is 11.6 Å². The molecule has 17 heavy (non-hydrogen) atoms. The molecule has 0 N–H and O–H groups in total. The molecule has 1 aromatic carbocycles. The van der Waals surface area contributed by atoms with Gasteiger partial charge in [-0.2, -0.15) is 0 Å². The minimum absolute atomic E-state index is 0.546. The molecule has 1 aromatic rings. The van der Waals surface area contributed by atoms with Crippen LogP contribution in [0.1, 0.15) is 19.3 Å². The highest BCUT2D eigenvalue weighted by Gasteiger charge is 2.20. The molecule has 0 saturated carbocycles. The second kappa shape index (κ2) is 6.87. The van der Waals surface area contributed by atoms with Crippen molar-refractivity contribution in [3.8, 4) is 5.75 Å². The maximum Gasteiger partial charge on any atom is 0.119 e. The van der Waals surface area contributed by atoms with E-state index < -0.39 is 0 Å². The molecule has 0 bridgehead atoms. The number of rotatable bonds is 5. The highest BCUT2D eigenvalue weighted by atomic mass is 35.5. The lowest BCUT2D eigenvalue weighted by Gasteiger charge is -2.34. The van der Waals surface area contributed by atoms with Gasteiger partial charge in [0.2, 0.25) is 0 Å². The van der Waals surface area contributed by atoms with Crippen molar-refractivity contribution in [2.24, 2.45) is 0 Å². The van der Waals surface area contributed by atoms with Gasteiger partial charge >= 0.3 is 0 Å². The van der Waals surface area contributed by atoms with Crippen LogP contribution in [-0.2, 0) is 0 Å². The van der Waals surface area contributed by atoms with E-state index in [1.54, 1.807) is 0 Å². The molecule has 1 fully saturated rings. The molecule has 2 nitrogen and oxygen atoms in total. The Kier molecular flexibility index (Phi) is 5.14. The number of para-hydroxylation sites is 1. The minimum atomic E-state index is 0.546. The van der Waals surface area contributed by atoms with E-state index in [-0.39, 0.29) is 0 Å². The molecule has 0 amide bonds. The van der Waals surface area contributed by atoms with Gasteiger partial charge in [0.25, 0.3) is 0 Å². The second-order valence-corrected chi connectivity index (χ2v) is 4.81. The van der Waals surface area contributed by atoms with Crippen LogP contribution in [0.2, 0.25) is 0 Å². The molecule has 0 spiro atoms. The third-order valence-corrected chi connectivity index (χ3v) is 3.67. The quantitative estimate of drug-likeness (QED) is 0.748. The van der Waals surface area contributed by atoms with Crippen molar-refractivity contribution in [1.29, 1.82) is 0 Å². The second-order valence-electron chi connectivity index (χ2n) is 4.50. The Morgan fingerprint density at radius 3 is 2.82 bits per heavy atom. The van der Waals surface area contributed by atoms with Crippen molar-refractivity contribution < 1.29 is 4.74 Å². The summed E-state index contributed by atoms with van der Waals surface area (Å²) in [7, 11) is 0. The number of likely N-dealkylation sites (tertiary alicyclic amines) is 1. The van der Waals surface area contributed by atoms with Gasteiger partial charge in [-0.1, -0.05) is 24.6 Å². The number of ether oxygens (including phenoxy) is 1. The van der Waals surface area contributed by atoms with Gasteiger partial charge in [0.15, 0.2) is 0 Å². The van der Waals surface area contributed by atoms with Crippen LogP contribution < -0.4 is 4.74 Å². The molecule has 94 valence electrons. The number of hydrogen-bond acceptors (Lipinski definition) is 2. The molecular formula is C14H20ClNO. The first-order valence-corrected chi connectivity index (χ1v) is 6.91. The van der Waals surface area contributed by atoms with Crippen molar-refractivity contribution in [2.45, 2.75) is 25.3 Å². The van der Waals surface area contributed by atoms with Crippen LogP contribution in [0, 0.1) is 0 Å². The molecule has 1 saturated heterocycles. The first kappa shape index (κ1) is 12.7. The van der Waals surface area contributed by atoms with Gasteiger partial charge in [-0.25, -0.2) is 0 Å². The summed E-state index contributed by atoms with van der Waals surface area (Å²) in [5.74, 6) is 1.69. The highest BCUT2D eigenvalue weighted by Crippen LogP contribution is 2.17. The average Bonchev–Trinajstić information content (AvgIpc) is 2.40. The summed E-state index contributed by atoms with van der Waals surface area (Å²) in [4.78, 5) is 2.46. The molecule has 1 atom stereocenters. The third kappa shape index (κ3) is 3.90. The third-order valence-electron chi connectivity index (χ3n) is 3.32. The number of halogens is 1. The van der Waals surface area contributed by atoms with Crippen molar-refractivity contribution in [2.75, 3.05) is 25.6 Å². The topological polar surface area (TPSA) is 12.5 Å². The lowest BCUT2D eigenvalue weighted by atomic mass is 10.0. The molecule has 0 aromatic heterocycles. The van der Waals surface area contributed by atoms with Crippen molar-refractivity contribution >= 4 is 11.6 Å². The van der Waals surface area contributed by atoms with Crippen LogP contribution in [0.25, 0.3) is 0 Å². The zero-order chi connectivity index (χ0) is 11.9. The summed E-state index contributed by atoms with van der Waals surface area (Å²) in [6.07, 6.45) is 3.83. The van der Waals surface area contributed by atoms with E-state index in [2.05, 4.69) is 4.90 Å². The van der Waals surface area contributed by atoms with Crippen molar-refractivity contribution in [1.82, 2.24) is 4.90 Å². The zero-order valence-corrected chi connectivity index (χ0v) is 10.9. The molecule has 3 heteroatoms. The summed E-state index contributed by atoms with van der Waals surface area (Å²) >= 11 is 5.99. The van der Waals surface area contributed by atoms with E-state index in [1.165, 1.54) is 19.3 Å². The number of piperidine rings is 1. The lowest BCUT2D eigenvalue weighted by Crippen LogP contribution is -2.42. The smallest absolute Gasteiger partial charge is 0.119 e. The van der Waals surface area contributed by atoms with Crippen LogP contribution in [0.5, 0.6) is 5.75 Å². The van der Waals surface area contributed by atoms with E-state index in [4.69, 9.17) is 16.3 Å². The Hall–Kier alpha value is -0.730. The summed E-state index contributed by atoms with van der Waals surface area (Å²) in [5, 5.41) is 0. The van der Waals surface area contributed by atoms with Crippen LogP contribution in [-0.4, -0.2) is 36.5 Å². The van der Waals surface area contributed by atoms with E-state index in [1.807, 2.05) is 30.3 Å². The maximum absolute atomic E-state index is 5.99. The lowest BCUT2D eigenvalue weighted by molar-refractivity contribution is 0.135. The van der Waals surface area contributed by atoms with Gasteiger partial charge in [0, 0.05) is 18.5 Å². The van der Waals surface area contributed by atoms with E-state index >= 15 is 0 Å². The number of benzene rings is 1. The van der Waals surface area contributed by atoms with Gasteiger partial charge in [-0.15, -0.1) is 11.6 Å². The van der Waals surface area contributed by atoms with Gasteiger partial charge in [0.1, 0.15) is 12.4 Å². The largest absolute Gasteiger partial charge is 0.492 e. The average molecular weight is 254 g/mol. The number of hydrogen-bond donors (Lipinski definition) is 0. The maximum atomic E-state index is 5.99. The Bertz CT molecular complexity index is 317. The number of nitrogens with zero attached hydrogens (tertiary/aromatic N) is 1. The molecule has 1 aliphatic rings. The fourth-order valence-electron chi connectivity index (χ4n) is 2.33. The van der Waals surface area contributed by atoms with Gasteiger partial charge in [-0.05, 0) is 31.5 Å². The summed E-state index contributed by atoms with van der Waals surface area (Å²) in [6.45, 7) is 2.89. The molecule has 1 aliphatic heterocycles. The predicted octanol–water partition coefficient (Wildman–Crippen LogP) is 3.16. The minimum Gasteiger partial charge on any atom is -0.492 e. The fraction of sp³-hybridized carbons (Fsp3) is 0.571. The molecule has 1 unspecified atom stereocenters. The van der Waals surface area contributed by atoms with Crippen LogP contribution in [0.4, 0.5) is 0 Å². The fourth-order valence-corrected chi connectivity index (χ4v) is 2.68. The Labute approximate surface area is 109 Å². The predicted molar refractivity (Wildman–Crippen MR) is 71.9 cm³/mol. The van der Waals surface area contributed by atoms with Gasteiger partial charge < -0.3 is 4.74 Å². The molecule has 2 rings (SSSR count). The standard InChI is InChI=1S/C14H20ClNO/c15-12-13-6-4-5-9-16(13)10-11-17-14-7-2-1-3-8-14/h1-3,7-8,13H,4-6,9-12H2. The normalized spacial score (nSPS) is 21.4. The number of alkyl halides is 1. The van der Waals surface area contributed by atoms with Crippen molar-refractivity contribution in [3.05, 3.63) is 30.3 Å². The van der Waals surface area contributed by atoms with Gasteiger partial charge in [-0.3, -0.25) is 4.90 Å². The van der Waals surface area contributed by atoms with E-state index in [9.17, 15) is 0 Å². The van der Waals surface area contributed by atoms with Crippen LogP contribution in [0.3, 0.4) is 0 Å². The first-order chi connectivity index (χ1) is 8.40. The highest BCUT2D eigenvalue weighted by molar-refractivity contribution is 6.18. The Morgan fingerprint density at radius 2 is 2.06 bits per heavy atom. The van der Waals surface area contributed by atoms with Gasteiger partial charge in [0.05, 0.1) is 0 Å². The molecule has 0 radical (unpaired) electrons. The van der Waals surface area contributed by atoms with E-state index in [0.29, 0.717) is 6.04 Å². The monoisotopic (exact) mass is 253 g/mol. The summed E-state index contributed by atoms with van der Waals surface area (Å²) < 4.78 is 5.72. The Balaban J connectivity index is 1.74. The molecular weight excluding hydrogens is 234 g/mol. The summed E-state index contributed by atoms with van der Waals surface area (Å²) in [6, 6.07) is 10.5. The molecule has 0 aliphatic carbocycles. The van der Waals surface area contributed by atoms with Crippen LogP contribution in [0.15, 0.2) is 30.3 Å². The van der Waals surface area contributed by atoms with E-state index in [0.717, 1.165) is 31.3 Å². The summed E-state index contributed by atoms with van der Waals surface area (Å²) in [5.41, 5.74) is 0. The zero-order valence-electron chi connectivity index (χ0n) is 10.1. The Morgan fingerprint density at radius 1 is 1.24 bits per heavy atom. The van der Waals surface area contributed by atoms with Crippen molar-refractivity contribution in [3.63, 3.8) is 0 Å². The SMILES string of the molecule is ClCC1CCCCN1CCOc1ccccc1. The first-order valence-electron chi connectivity index (χ1n) is 6.38.